The summed E-state index contributed by atoms with van der Waals surface area (Å²) in [4.78, 5) is 27.5. The van der Waals surface area contributed by atoms with Gasteiger partial charge in [0.05, 0.1) is 12.1 Å². The summed E-state index contributed by atoms with van der Waals surface area (Å²) in [6.07, 6.45) is 9.87. The summed E-state index contributed by atoms with van der Waals surface area (Å²) in [5, 5.41) is 38.4. The Hall–Kier alpha value is -3.17. The summed E-state index contributed by atoms with van der Waals surface area (Å²) in [6, 6.07) is 11.8. The molecule has 1 aliphatic rings. The van der Waals surface area contributed by atoms with Crippen LogP contribution < -0.4 is 10.2 Å². The molecule has 2 unspecified atom stereocenters. The van der Waals surface area contributed by atoms with Gasteiger partial charge in [-0.05, 0) is 86.8 Å². The van der Waals surface area contributed by atoms with Crippen molar-refractivity contribution in [2.75, 3.05) is 0 Å². The van der Waals surface area contributed by atoms with Crippen molar-refractivity contribution in [3.05, 3.63) is 58.7 Å². The van der Waals surface area contributed by atoms with Crippen molar-refractivity contribution >= 4 is 24.4 Å². The van der Waals surface area contributed by atoms with Crippen LogP contribution in [0, 0.1) is 11.8 Å². The van der Waals surface area contributed by atoms with Gasteiger partial charge in [0, 0.05) is 35.5 Å². The zero-order valence-electron chi connectivity index (χ0n) is 24.9. The second-order valence-corrected chi connectivity index (χ2v) is 10.9. The summed E-state index contributed by atoms with van der Waals surface area (Å²) < 4.78 is 0. The molecule has 0 amide bonds. The average molecular weight is 612 g/mol. The molecule has 41 heavy (non-hydrogen) atoms. The molecule has 0 spiro atoms. The van der Waals surface area contributed by atoms with Crippen LogP contribution in [0.5, 0.6) is 11.5 Å². The number of aliphatic imine (C=N–C) groups is 2. The monoisotopic (exact) mass is 611 g/mol. The molecule has 1 aliphatic carbocycles. The number of nitrogens with zero attached hydrogens (tertiary/aromatic N) is 2. The average Bonchev–Trinajstić information content (AvgIpc) is 2.84. The third-order valence-corrected chi connectivity index (χ3v) is 5.98. The second kappa shape index (κ2) is 19.8. The van der Waals surface area contributed by atoms with Gasteiger partial charge in [-0.1, -0.05) is 52.7 Å². The number of aromatic hydroxyl groups is 2. The van der Waals surface area contributed by atoms with Crippen LogP contribution in [-0.4, -0.2) is 46.7 Å². The van der Waals surface area contributed by atoms with Crippen LogP contribution in [0.3, 0.4) is 0 Å². The predicted molar refractivity (Wildman–Crippen MR) is 156 cm³/mol. The molecule has 0 bridgehead atoms. The van der Waals surface area contributed by atoms with Gasteiger partial charge in [-0.3, -0.25) is 9.98 Å². The van der Waals surface area contributed by atoms with Gasteiger partial charge in [0.15, 0.2) is 0 Å². The standard InChI is InChI=1S/C28H38N2O2.2C2H4O2.Co/c1-19(2)13-21-9-11-27(31)23(15-21)17-29-25-7-5-6-8-26(25)30-18-24-16-22(14-20(3)4)10-12-28(24)32;2*1-2(3)4;/h9-12,15-20,25-26,31-32H,5-8,13-14H2,1-4H3;2*1H3,(H,3,4);/q;;;+2/p-2. The van der Waals surface area contributed by atoms with E-state index in [-0.39, 0.29) is 40.4 Å². The van der Waals surface area contributed by atoms with Crippen molar-refractivity contribution in [1.82, 2.24) is 0 Å². The van der Waals surface area contributed by atoms with E-state index in [9.17, 15) is 10.2 Å². The molecule has 1 saturated carbocycles. The van der Waals surface area contributed by atoms with Crippen LogP contribution in [0.25, 0.3) is 0 Å². The zero-order chi connectivity index (χ0) is 30.2. The largest absolute Gasteiger partial charge is 2.00 e. The molecule has 1 radical (unpaired) electrons. The van der Waals surface area contributed by atoms with E-state index in [1.54, 1.807) is 12.1 Å². The predicted octanol–water partition coefficient (Wildman–Crippen LogP) is 3.85. The first-order valence-electron chi connectivity index (χ1n) is 13.8. The molecule has 8 nitrogen and oxygen atoms in total. The Kier molecular flexibility index (Phi) is 18.3. The molecular formula is C32H44CoN2O6. The van der Waals surface area contributed by atoms with Gasteiger partial charge in [0.1, 0.15) is 11.5 Å². The summed E-state index contributed by atoms with van der Waals surface area (Å²) in [7, 11) is 0. The van der Waals surface area contributed by atoms with Crippen molar-refractivity contribution in [3.8, 4) is 11.5 Å². The number of benzene rings is 2. The van der Waals surface area contributed by atoms with Gasteiger partial charge >= 0.3 is 16.8 Å². The number of phenols is 2. The minimum Gasteiger partial charge on any atom is -0.550 e. The van der Waals surface area contributed by atoms with E-state index in [0.717, 1.165) is 63.5 Å². The third kappa shape index (κ3) is 16.6. The summed E-state index contributed by atoms with van der Waals surface area (Å²) in [5.41, 5.74) is 3.98. The van der Waals surface area contributed by atoms with Crippen molar-refractivity contribution in [2.24, 2.45) is 21.8 Å². The molecule has 3 rings (SSSR count). The maximum absolute atomic E-state index is 10.3. The fraction of sp³-hybridized carbons (Fsp3) is 0.500. The molecule has 2 atom stereocenters. The van der Waals surface area contributed by atoms with Crippen LogP contribution in [0.4, 0.5) is 0 Å². The minimum absolute atomic E-state index is 0. The van der Waals surface area contributed by atoms with Crippen molar-refractivity contribution in [3.63, 3.8) is 0 Å². The summed E-state index contributed by atoms with van der Waals surface area (Å²) in [5.74, 6) is -0.498. The number of carboxylic acids is 2. The molecule has 9 heteroatoms. The fourth-order valence-corrected chi connectivity index (χ4v) is 4.40. The first-order chi connectivity index (χ1) is 18.8. The normalized spacial score (nSPS) is 16.5. The van der Waals surface area contributed by atoms with Gasteiger partial charge in [-0.2, -0.15) is 0 Å². The number of hydrogen-bond donors (Lipinski definition) is 2. The molecule has 0 aliphatic heterocycles. The molecule has 0 heterocycles. The summed E-state index contributed by atoms with van der Waals surface area (Å²) >= 11 is 0. The van der Waals surface area contributed by atoms with Crippen LogP contribution >= 0.6 is 0 Å². The SMILES string of the molecule is CC(=O)[O-].CC(=O)[O-].CC(C)Cc1ccc(O)c(C=NC2CCCCC2N=Cc2cc(CC(C)C)ccc2O)c1.[Co+2]. The Morgan fingerprint density at radius 2 is 1.10 bits per heavy atom. The van der Waals surface area contributed by atoms with E-state index in [0.29, 0.717) is 11.8 Å². The van der Waals surface area contributed by atoms with E-state index in [1.807, 2.05) is 36.7 Å². The number of carbonyl (C=O) groups excluding carboxylic acids is 2. The Labute approximate surface area is 254 Å². The maximum Gasteiger partial charge on any atom is 2.00 e. The fourth-order valence-electron chi connectivity index (χ4n) is 4.40. The van der Waals surface area contributed by atoms with E-state index in [2.05, 4.69) is 27.7 Å². The minimum atomic E-state index is -1.08. The second-order valence-electron chi connectivity index (χ2n) is 10.9. The number of rotatable bonds is 8. The zero-order valence-corrected chi connectivity index (χ0v) is 26.0. The van der Waals surface area contributed by atoms with E-state index in [1.165, 1.54) is 11.1 Å². The smallest absolute Gasteiger partial charge is 0.550 e. The van der Waals surface area contributed by atoms with Crippen LogP contribution in [0.1, 0.15) is 89.5 Å². The maximum atomic E-state index is 10.3. The van der Waals surface area contributed by atoms with E-state index >= 15 is 0 Å². The van der Waals surface area contributed by atoms with Gasteiger partial charge in [0.25, 0.3) is 0 Å². The van der Waals surface area contributed by atoms with Crippen molar-refractivity contribution < 1.29 is 46.8 Å². The van der Waals surface area contributed by atoms with Crippen LogP contribution in [-0.2, 0) is 39.2 Å². The van der Waals surface area contributed by atoms with Crippen LogP contribution in [0.15, 0.2) is 46.4 Å². The molecule has 2 aromatic carbocycles. The Balaban J connectivity index is 0.00000158. The number of phenolic OH excluding ortho intramolecular Hbond substituents is 2. The summed E-state index contributed by atoms with van der Waals surface area (Å²) in [6.45, 7) is 10.7. The topological polar surface area (TPSA) is 145 Å². The van der Waals surface area contributed by atoms with Gasteiger partial charge in [-0.15, -0.1) is 0 Å². The number of aliphatic carboxylic acids is 2. The number of hydrogen-bond acceptors (Lipinski definition) is 8. The first kappa shape index (κ1) is 37.8. The quantitative estimate of drug-likeness (QED) is 0.434. The van der Waals surface area contributed by atoms with Gasteiger partial charge in [0.2, 0.25) is 0 Å². The first-order valence-corrected chi connectivity index (χ1v) is 13.8. The molecule has 2 N–H and O–H groups in total. The number of carboxylic acid groups (broad SMARTS) is 2. The van der Waals surface area contributed by atoms with E-state index in [4.69, 9.17) is 29.8 Å². The Morgan fingerprint density at radius 1 is 0.780 bits per heavy atom. The van der Waals surface area contributed by atoms with Gasteiger partial charge in [-0.25, -0.2) is 0 Å². The Morgan fingerprint density at radius 3 is 1.39 bits per heavy atom. The molecular weight excluding hydrogens is 567 g/mol. The Bertz CT molecular complexity index is 1050. The molecule has 227 valence electrons. The van der Waals surface area contributed by atoms with Crippen molar-refractivity contribution in [2.45, 2.75) is 92.2 Å². The molecule has 0 aromatic heterocycles. The van der Waals surface area contributed by atoms with Crippen molar-refractivity contribution in [1.29, 1.82) is 0 Å². The van der Waals surface area contributed by atoms with Crippen LogP contribution in [0.2, 0.25) is 0 Å². The molecule has 2 aromatic rings. The molecule has 1 fully saturated rings. The molecule has 0 saturated heterocycles. The number of carbonyl (C=O) groups is 2. The van der Waals surface area contributed by atoms with E-state index < -0.39 is 11.9 Å². The third-order valence-electron chi connectivity index (χ3n) is 5.98. The van der Waals surface area contributed by atoms with Gasteiger partial charge < -0.3 is 30.0 Å².